The standard InChI is InChI=1S/C16H22F3NO4/c17-8-4-7-14(24-15(20)21)11-16(18,19)23-10-9-22-12-13-5-2-1-3-6-13/h1-3,5-6,14H,4,7-12H2,(H2,20,21). The normalized spacial score (nSPS) is 12.8. The summed E-state index contributed by atoms with van der Waals surface area (Å²) in [7, 11) is 0. The molecule has 0 aliphatic heterocycles. The largest absolute Gasteiger partial charge is 0.446 e. The molecule has 24 heavy (non-hydrogen) atoms. The Morgan fingerprint density at radius 2 is 1.92 bits per heavy atom. The Morgan fingerprint density at radius 1 is 1.21 bits per heavy atom. The van der Waals surface area contributed by atoms with Crippen LogP contribution in [0.2, 0.25) is 0 Å². The third kappa shape index (κ3) is 9.36. The van der Waals surface area contributed by atoms with Crippen LogP contribution in [0.3, 0.4) is 0 Å². The molecule has 1 aromatic rings. The summed E-state index contributed by atoms with van der Waals surface area (Å²) >= 11 is 0. The van der Waals surface area contributed by atoms with Gasteiger partial charge in [-0.25, -0.2) is 4.79 Å². The van der Waals surface area contributed by atoms with Gasteiger partial charge >= 0.3 is 12.2 Å². The number of carbonyl (C=O) groups is 1. The Labute approximate surface area is 138 Å². The summed E-state index contributed by atoms with van der Waals surface area (Å²) in [4.78, 5) is 10.7. The molecule has 0 spiro atoms. The number of nitrogens with two attached hydrogens (primary N) is 1. The maximum atomic E-state index is 13.7. The SMILES string of the molecule is NC(=O)OC(CCCF)CC(F)(F)OCCOCc1ccccc1. The van der Waals surface area contributed by atoms with Gasteiger partial charge in [-0.05, 0) is 18.4 Å². The van der Waals surface area contributed by atoms with Crippen LogP contribution in [-0.2, 0) is 20.8 Å². The van der Waals surface area contributed by atoms with E-state index in [9.17, 15) is 18.0 Å². The van der Waals surface area contributed by atoms with Gasteiger partial charge in [0.1, 0.15) is 6.10 Å². The van der Waals surface area contributed by atoms with Crippen LogP contribution in [0.4, 0.5) is 18.0 Å². The molecular weight excluding hydrogens is 327 g/mol. The molecule has 0 aliphatic carbocycles. The number of amides is 1. The lowest BCUT2D eigenvalue weighted by molar-refractivity contribution is -0.256. The van der Waals surface area contributed by atoms with Crippen LogP contribution >= 0.6 is 0 Å². The molecule has 0 saturated heterocycles. The number of ether oxygens (including phenoxy) is 3. The summed E-state index contributed by atoms with van der Waals surface area (Å²) in [6, 6.07) is 9.26. The van der Waals surface area contributed by atoms with Crippen molar-refractivity contribution in [2.45, 2.75) is 38.1 Å². The van der Waals surface area contributed by atoms with Crippen LogP contribution < -0.4 is 5.73 Å². The Balaban J connectivity index is 2.28. The number of hydrogen-bond donors (Lipinski definition) is 1. The highest BCUT2D eigenvalue weighted by molar-refractivity contribution is 5.64. The summed E-state index contributed by atoms with van der Waals surface area (Å²) in [6.07, 6.45) is -6.84. The lowest BCUT2D eigenvalue weighted by atomic mass is 10.1. The molecule has 1 amide bonds. The summed E-state index contributed by atoms with van der Waals surface area (Å²) in [5.74, 6) is 0. The molecule has 1 aromatic carbocycles. The number of hydrogen-bond acceptors (Lipinski definition) is 4. The highest BCUT2D eigenvalue weighted by Crippen LogP contribution is 2.25. The zero-order valence-electron chi connectivity index (χ0n) is 13.3. The monoisotopic (exact) mass is 349 g/mol. The molecule has 0 saturated carbocycles. The van der Waals surface area contributed by atoms with Crippen molar-refractivity contribution in [3.63, 3.8) is 0 Å². The molecule has 1 atom stereocenters. The van der Waals surface area contributed by atoms with Crippen molar-refractivity contribution >= 4 is 6.09 Å². The van der Waals surface area contributed by atoms with E-state index in [1.807, 2.05) is 30.3 Å². The average Bonchev–Trinajstić information content (AvgIpc) is 2.52. The fraction of sp³-hybridized carbons (Fsp3) is 0.562. The fourth-order valence-electron chi connectivity index (χ4n) is 2.01. The first kappa shape index (κ1) is 20.2. The second kappa shape index (κ2) is 10.9. The first-order valence-corrected chi connectivity index (χ1v) is 7.58. The number of benzene rings is 1. The topological polar surface area (TPSA) is 70.8 Å². The van der Waals surface area contributed by atoms with Gasteiger partial charge in [0, 0.05) is 0 Å². The van der Waals surface area contributed by atoms with Crippen molar-refractivity contribution in [3.05, 3.63) is 35.9 Å². The number of alkyl halides is 3. The number of primary amides is 1. The number of carbonyl (C=O) groups excluding carboxylic acids is 1. The smallest absolute Gasteiger partial charge is 0.404 e. The third-order valence-electron chi connectivity index (χ3n) is 3.06. The Bertz CT molecular complexity index is 474. The van der Waals surface area contributed by atoms with Crippen LogP contribution in [0.15, 0.2) is 30.3 Å². The van der Waals surface area contributed by atoms with Crippen molar-refractivity contribution in [2.24, 2.45) is 5.73 Å². The van der Waals surface area contributed by atoms with Crippen molar-refractivity contribution in [2.75, 3.05) is 19.9 Å². The lowest BCUT2D eigenvalue weighted by Crippen LogP contribution is -2.32. The molecule has 0 radical (unpaired) electrons. The van der Waals surface area contributed by atoms with E-state index in [0.29, 0.717) is 6.61 Å². The molecule has 0 bridgehead atoms. The maximum Gasteiger partial charge on any atom is 0.404 e. The van der Waals surface area contributed by atoms with E-state index >= 15 is 0 Å². The summed E-state index contributed by atoms with van der Waals surface area (Å²) in [6.45, 7) is -0.749. The van der Waals surface area contributed by atoms with Gasteiger partial charge in [-0.15, -0.1) is 0 Å². The van der Waals surface area contributed by atoms with Crippen LogP contribution in [0.5, 0.6) is 0 Å². The molecule has 5 nitrogen and oxygen atoms in total. The number of rotatable bonds is 12. The molecule has 1 rings (SSSR count). The molecule has 0 aromatic heterocycles. The van der Waals surface area contributed by atoms with Crippen molar-refractivity contribution in [3.8, 4) is 0 Å². The van der Waals surface area contributed by atoms with E-state index < -0.39 is 31.4 Å². The first-order chi connectivity index (χ1) is 11.4. The van der Waals surface area contributed by atoms with Gasteiger partial charge in [0.25, 0.3) is 0 Å². The predicted octanol–water partition coefficient (Wildman–Crippen LogP) is 3.42. The van der Waals surface area contributed by atoms with E-state index in [2.05, 4.69) is 9.47 Å². The second-order valence-electron chi connectivity index (χ2n) is 5.12. The van der Waals surface area contributed by atoms with E-state index in [0.717, 1.165) is 5.56 Å². The molecule has 136 valence electrons. The van der Waals surface area contributed by atoms with E-state index in [4.69, 9.17) is 10.5 Å². The van der Waals surface area contributed by atoms with Crippen LogP contribution in [0.25, 0.3) is 0 Å². The molecule has 0 heterocycles. The highest BCUT2D eigenvalue weighted by atomic mass is 19.3. The maximum absolute atomic E-state index is 13.7. The Kier molecular flexibility index (Phi) is 9.18. The minimum atomic E-state index is -3.52. The first-order valence-electron chi connectivity index (χ1n) is 7.58. The molecule has 0 fully saturated rings. The van der Waals surface area contributed by atoms with Gasteiger partial charge in [-0.3, -0.25) is 4.39 Å². The number of halogens is 3. The second-order valence-corrected chi connectivity index (χ2v) is 5.12. The minimum Gasteiger partial charge on any atom is -0.446 e. The average molecular weight is 349 g/mol. The van der Waals surface area contributed by atoms with Crippen molar-refractivity contribution in [1.29, 1.82) is 0 Å². The summed E-state index contributed by atoms with van der Waals surface area (Å²) in [5.41, 5.74) is 5.74. The van der Waals surface area contributed by atoms with Gasteiger partial charge in [-0.2, -0.15) is 8.78 Å². The van der Waals surface area contributed by atoms with Crippen molar-refractivity contribution < 1.29 is 32.2 Å². The molecule has 2 N–H and O–H groups in total. The minimum absolute atomic E-state index is 0.00574. The molecular formula is C16H22F3NO4. The van der Waals surface area contributed by atoms with Gasteiger partial charge in [-0.1, -0.05) is 30.3 Å². The molecule has 8 heteroatoms. The Hall–Kier alpha value is -1.80. The van der Waals surface area contributed by atoms with E-state index in [1.165, 1.54) is 0 Å². The van der Waals surface area contributed by atoms with Gasteiger partial charge in [0.05, 0.1) is 32.9 Å². The predicted molar refractivity (Wildman–Crippen MR) is 81.3 cm³/mol. The van der Waals surface area contributed by atoms with Crippen LogP contribution in [0.1, 0.15) is 24.8 Å². The fourth-order valence-corrected chi connectivity index (χ4v) is 2.01. The van der Waals surface area contributed by atoms with E-state index in [-0.39, 0.29) is 26.1 Å². The third-order valence-corrected chi connectivity index (χ3v) is 3.06. The molecule has 0 aliphatic rings. The molecule has 1 unspecified atom stereocenters. The highest BCUT2D eigenvalue weighted by Gasteiger charge is 2.35. The lowest BCUT2D eigenvalue weighted by Gasteiger charge is -2.22. The van der Waals surface area contributed by atoms with Gasteiger partial charge in [0.15, 0.2) is 0 Å². The zero-order chi connectivity index (χ0) is 17.8. The van der Waals surface area contributed by atoms with Crippen LogP contribution in [-0.4, -0.2) is 38.2 Å². The van der Waals surface area contributed by atoms with Crippen molar-refractivity contribution in [1.82, 2.24) is 0 Å². The van der Waals surface area contributed by atoms with Crippen LogP contribution in [0, 0.1) is 0 Å². The summed E-state index contributed by atoms with van der Waals surface area (Å²) in [5, 5.41) is 0. The quantitative estimate of drug-likeness (QED) is 0.587. The summed E-state index contributed by atoms with van der Waals surface area (Å²) < 4.78 is 53.8. The van der Waals surface area contributed by atoms with Gasteiger partial charge in [0.2, 0.25) is 0 Å². The van der Waals surface area contributed by atoms with E-state index in [1.54, 1.807) is 0 Å². The Morgan fingerprint density at radius 3 is 2.54 bits per heavy atom. The van der Waals surface area contributed by atoms with Gasteiger partial charge < -0.3 is 19.9 Å². The zero-order valence-corrected chi connectivity index (χ0v) is 13.3.